The van der Waals surface area contributed by atoms with E-state index in [-0.39, 0.29) is 20.4 Å². The quantitative estimate of drug-likeness (QED) is 0.285. The summed E-state index contributed by atoms with van der Waals surface area (Å²) < 4.78 is 8.55. The predicted molar refractivity (Wildman–Crippen MR) is 97.7 cm³/mol. The van der Waals surface area contributed by atoms with Crippen LogP contribution in [0.1, 0.15) is 16.7 Å². The fourth-order valence-electron chi connectivity index (χ4n) is 1.45. The van der Waals surface area contributed by atoms with Gasteiger partial charge in [0.05, 0.1) is 0 Å². The second-order valence-electron chi connectivity index (χ2n) is 5.08. The molecule has 0 unspecified atom stereocenters. The molecule has 0 heterocycles. The van der Waals surface area contributed by atoms with Crippen LogP contribution < -0.4 is 14.7 Å². The molecule has 0 aromatic heterocycles. The van der Waals surface area contributed by atoms with Crippen LogP contribution >= 0.6 is 7.82 Å². The third kappa shape index (κ3) is 24.4. The molecule has 3 rings (SSSR count). The Balaban J connectivity index is 0. The van der Waals surface area contributed by atoms with Gasteiger partial charge in [0, 0.05) is 20.4 Å². The van der Waals surface area contributed by atoms with Gasteiger partial charge in [-0.3, -0.25) is 0 Å². The first kappa shape index (κ1) is 27.6. The molecule has 0 saturated carbocycles. The van der Waals surface area contributed by atoms with Gasteiger partial charge in [-0.25, -0.2) is 0 Å². The van der Waals surface area contributed by atoms with E-state index in [0.29, 0.717) is 0 Å². The molecule has 6 heteroatoms. The van der Waals surface area contributed by atoms with Gasteiger partial charge in [0.2, 0.25) is 0 Å². The van der Waals surface area contributed by atoms with Crippen LogP contribution in [0.4, 0.5) is 0 Å². The van der Waals surface area contributed by atoms with Gasteiger partial charge in [-0.15, -0.1) is 0 Å². The maximum Gasteiger partial charge on any atom is 0 e. The molecule has 0 spiro atoms. The number of hydrogen-bond acceptors (Lipinski definition) is 4. The zero-order chi connectivity index (χ0) is 19.8. The van der Waals surface area contributed by atoms with Crippen molar-refractivity contribution in [1.29, 1.82) is 0 Å². The normalized spacial score (nSPS) is 8.96. The van der Waals surface area contributed by atoms with Crippen LogP contribution in [0.2, 0.25) is 0 Å². The van der Waals surface area contributed by atoms with Gasteiger partial charge in [-0.1, -0.05) is 20.8 Å². The van der Waals surface area contributed by atoms with Gasteiger partial charge in [0.15, 0.2) is 0 Å². The molecule has 0 N–H and O–H groups in total. The number of hydrogen-bond donors (Lipinski definition) is 0. The van der Waals surface area contributed by atoms with Crippen molar-refractivity contribution in [3.63, 3.8) is 0 Å². The molecular formula is C21H21O4PPd-6. The Morgan fingerprint density at radius 1 is 0.630 bits per heavy atom. The van der Waals surface area contributed by atoms with Crippen molar-refractivity contribution in [3.8, 4) is 0 Å². The second-order valence-corrected chi connectivity index (χ2v) is 5.98. The van der Waals surface area contributed by atoms with Crippen molar-refractivity contribution in [1.82, 2.24) is 0 Å². The number of benzene rings is 3. The van der Waals surface area contributed by atoms with Crippen LogP contribution in [-0.2, 0) is 25.0 Å². The van der Waals surface area contributed by atoms with Gasteiger partial charge in [0.1, 0.15) is 0 Å². The van der Waals surface area contributed by atoms with Crippen LogP contribution in [0.3, 0.4) is 0 Å². The molecule has 27 heavy (non-hydrogen) atoms. The molecular weight excluding hydrogens is 454 g/mol. The van der Waals surface area contributed by atoms with E-state index in [0.717, 1.165) is 0 Å². The predicted octanol–water partition coefficient (Wildman–Crippen LogP) is 2.56. The molecule has 0 saturated heterocycles. The molecule has 0 radical (unpaired) electrons. The van der Waals surface area contributed by atoms with Crippen LogP contribution in [-0.4, -0.2) is 0 Å². The average Bonchev–Trinajstić information content (AvgIpc) is 2.57. The van der Waals surface area contributed by atoms with Crippen molar-refractivity contribution in [2.75, 3.05) is 0 Å². The first-order valence-electron chi connectivity index (χ1n) is 7.71. The van der Waals surface area contributed by atoms with E-state index in [4.69, 9.17) is 19.2 Å². The molecule has 0 aliphatic rings. The Morgan fingerprint density at radius 2 is 0.852 bits per heavy atom. The van der Waals surface area contributed by atoms with Gasteiger partial charge in [-0.2, -0.15) is 116 Å². The van der Waals surface area contributed by atoms with Crippen molar-refractivity contribution in [2.24, 2.45) is 0 Å². The molecule has 0 bridgehead atoms. The molecule has 150 valence electrons. The molecule has 0 aliphatic carbocycles. The minimum atomic E-state index is -5.39. The Kier molecular flexibility index (Phi) is 17.0. The Labute approximate surface area is 175 Å². The Hall–Kier alpha value is -1.57. The maximum atomic E-state index is 8.55. The summed E-state index contributed by atoms with van der Waals surface area (Å²) >= 11 is 0. The third-order valence-electron chi connectivity index (χ3n) is 2.59. The van der Waals surface area contributed by atoms with E-state index < -0.39 is 7.82 Å². The van der Waals surface area contributed by atoms with Crippen LogP contribution in [0.25, 0.3) is 0 Å². The second kappa shape index (κ2) is 16.6. The first-order valence-corrected chi connectivity index (χ1v) is 9.17. The molecule has 4 nitrogen and oxygen atoms in total. The minimum absolute atomic E-state index is 0. The van der Waals surface area contributed by atoms with E-state index in [1.807, 2.05) is 93.6 Å². The van der Waals surface area contributed by atoms with E-state index in [9.17, 15) is 0 Å². The first-order chi connectivity index (χ1) is 12.2. The molecule has 0 amide bonds. The van der Waals surface area contributed by atoms with E-state index in [2.05, 4.69) is 18.2 Å². The summed E-state index contributed by atoms with van der Waals surface area (Å²) in [7, 11) is -5.39. The van der Waals surface area contributed by atoms with E-state index in [1.165, 1.54) is 16.7 Å². The largest absolute Gasteiger partial charge is 0.822 e. The fourth-order valence-corrected chi connectivity index (χ4v) is 1.45. The third-order valence-corrected chi connectivity index (χ3v) is 2.59. The zero-order valence-corrected chi connectivity index (χ0v) is 17.8. The van der Waals surface area contributed by atoms with Crippen molar-refractivity contribution >= 4 is 7.82 Å². The summed E-state index contributed by atoms with van der Waals surface area (Å²) in [6, 6.07) is 32.8. The molecule has 0 atom stereocenters. The average molecular weight is 475 g/mol. The smallest absolute Gasteiger partial charge is 0 e. The van der Waals surface area contributed by atoms with Crippen LogP contribution in [0.15, 0.2) is 72.8 Å². The molecule has 0 aliphatic heterocycles. The fraction of sp³-hybridized carbons (Fsp3) is 0.143. The molecule has 3 aromatic carbocycles. The summed E-state index contributed by atoms with van der Waals surface area (Å²) in [6.45, 7) is 6.08. The molecule has 0 fully saturated rings. The van der Waals surface area contributed by atoms with Crippen molar-refractivity contribution < 1.29 is 39.7 Å². The topological polar surface area (TPSA) is 86.2 Å². The summed E-state index contributed by atoms with van der Waals surface area (Å²) in [6.07, 6.45) is 0. The van der Waals surface area contributed by atoms with Gasteiger partial charge < -0.3 is 19.2 Å². The summed E-state index contributed by atoms with van der Waals surface area (Å²) in [5, 5.41) is 0. The van der Waals surface area contributed by atoms with E-state index >= 15 is 0 Å². The minimum Gasteiger partial charge on any atom is -0.822 e. The number of rotatable bonds is 0. The number of aryl methyl sites for hydroxylation is 3. The zero-order valence-electron chi connectivity index (χ0n) is 15.3. The summed E-state index contributed by atoms with van der Waals surface area (Å²) in [5.41, 5.74) is 3.59. The van der Waals surface area contributed by atoms with E-state index in [1.54, 1.807) is 0 Å². The summed E-state index contributed by atoms with van der Waals surface area (Å²) in [5.74, 6) is 0. The van der Waals surface area contributed by atoms with Gasteiger partial charge in [-0.05, 0) is 0 Å². The van der Waals surface area contributed by atoms with Crippen LogP contribution in [0.5, 0.6) is 0 Å². The van der Waals surface area contributed by atoms with Gasteiger partial charge in [0.25, 0.3) is 0 Å². The maximum absolute atomic E-state index is 8.55. The Bertz CT molecular complexity index is 634. The van der Waals surface area contributed by atoms with Crippen LogP contribution in [0, 0.1) is 39.0 Å². The van der Waals surface area contributed by atoms with Gasteiger partial charge >= 0.3 is 0 Å². The molecule has 3 aromatic rings. The summed E-state index contributed by atoms with van der Waals surface area (Å²) in [4.78, 5) is 25.6. The number of phosphoric acid groups is 1. The Morgan fingerprint density at radius 3 is 0.926 bits per heavy atom. The SMILES string of the molecule is Cc1[c-]cccc1.Cc1[c-]cccc1.Cc1[c-]cccc1.O=P([O-])([O-])[O-].[Pd]. The van der Waals surface area contributed by atoms with Crippen molar-refractivity contribution in [2.45, 2.75) is 20.8 Å². The monoisotopic (exact) mass is 474 g/mol. The van der Waals surface area contributed by atoms with Crippen molar-refractivity contribution in [3.05, 3.63) is 108 Å². The standard InChI is InChI=1S/3C7H7.H3O4P.Pd/c3*1-7-5-3-2-4-6-7;1-5(2,3)4;/h3*2-5H,1H3;(H3,1,2,3,4);/q3*-1;;/p-3.